The maximum absolute atomic E-state index is 13.0. The molecule has 0 bridgehead atoms. The van der Waals surface area contributed by atoms with Gasteiger partial charge in [0.15, 0.2) is 0 Å². The summed E-state index contributed by atoms with van der Waals surface area (Å²) in [6, 6.07) is 13.6. The Kier molecular flexibility index (Phi) is 8.82. The standard InChI is InChI=1S/C25H33N3O5S/c1-4-33-25(30)21-7-11-23(12-8-21)34(31,32)28-17-14-20(15-18-28)24(29)26-22-9-5-19(6-10-22)13-16-27(2)3/h5-12,20H,4,13-18H2,1-3H3,(H,26,29). The molecule has 0 saturated carbocycles. The molecule has 0 aliphatic carbocycles. The maximum Gasteiger partial charge on any atom is 0.338 e. The van der Waals surface area contributed by atoms with Crippen molar-refractivity contribution < 1.29 is 22.7 Å². The van der Waals surface area contributed by atoms with Crippen LogP contribution < -0.4 is 5.32 Å². The fourth-order valence-corrected chi connectivity index (χ4v) is 5.31. The number of anilines is 1. The predicted molar refractivity (Wildman–Crippen MR) is 131 cm³/mol. The molecule has 1 fully saturated rings. The molecule has 1 heterocycles. The summed E-state index contributed by atoms with van der Waals surface area (Å²) < 4.78 is 32.3. The van der Waals surface area contributed by atoms with E-state index in [9.17, 15) is 18.0 Å². The number of benzene rings is 2. The zero-order valence-corrected chi connectivity index (χ0v) is 20.8. The number of hydrogen-bond acceptors (Lipinski definition) is 6. The lowest BCUT2D eigenvalue weighted by atomic mass is 9.97. The zero-order valence-electron chi connectivity index (χ0n) is 20.0. The average molecular weight is 488 g/mol. The van der Waals surface area contributed by atoms with E-state index in [2.05, 4.69) is 10.2 Å². The van der Waals surface area contributed by atoms with Gasteiger partial charge in [-0.2, -0.15) is 4.31 Å². The largest absolute Gasteiger partial charge is 0.462 e. The van der Waals surface area contributed by atoms with E-state index in [0.717, 1.165) is 18.7 Å². The molecule has 1 amide bonds. The highest BCUT2D eigenvalue weighted by Gasteiger charge is 2.32. The van der Waals surface area contributed by atoms with E-state index in [4.69, 9.17) is 4.74 Å². The van der Waals surface area contributed by atoms with Crippen LogP contribution in [-0.2, 0) is 26.0 Å². The molecule has 3 rings (SSSR count). The van der Waals surface area contributed by atoms with Crippen LogP contribution in [0.15, 0.2) is 53.4 Å². The Morgan fingerprint density at radius 3 is 2.21 bits per heavy atom. The molecule has 184 valence electrons. The average Bonchev–Trinajstić information content (AvgIpc) is 2.84. The second kappa shape index (κ2) is 11.6. The van der Waals surface area contributed by atoms with E-state index >= 15 is 0 Å². The van der Waals surface area contributed by atoms with E-state index in [1.807, 2.05) is 38.4 Å². The molecular weight excluding hydrogens is 454 g/mol. The van der Waals surface area contributed by atoms with Crippen LogP contribution in [0.5, 0.6) is 0 Å². The topological polar surface area (TPSA) is 96.0 Å². The van der Waals surface area contributed by atoms with Crippen molar-refractivity contribution in [2.24, 2.45) is 5.92 Å². The molecular formula is C25H33N3O5S. The number of amides is 1. The minimum Gasteiger partial charge on any atom is -0.462 e. The number of rotatable bonds is 9. The Hall–Kier alpha value is -2.75. The number of ether oxygens (including phenoxy) is 1. The van der Waals surface area contributed by atoms with Gasteiger partial charge in [0.1, 0.15) is 0 Å². The first-order valence-electron chi connectivity index (χ1n) is 11.5. The Morgan fingerprint density at radius 2 is 1.65 bits per heavy atom. The number of hydrogen-bond donors (Lipinski definition) is 1. The number of likely N-dealkylation sites (N-methyl/N-ethyl adjacent to an activating group) is 1. The quantitative estimate of drug-likeness (QED) is 0.547. The third kappa shape index (κ3) is 6.65. The summed E-state index contributed by atoms with van der Waals surface area (Å²) in [4.78, 5) is 26.8. The van der Waals surface area contributed by atoms with Gasteiger partial charge in [-0.05, 0) is 82.2 Å². The van der Waals surface area contributed by atoms with Crippen molar-refractivity contribution in [1.29, 1.82) is 0 Å². The number of nitrogens with zero attached hydrogens (tertiary/aromatic N) is 2. The van der Waals surface area contributed by atoms with Crippen LogP contribution in [0.25, 0.3) is 0 Å². The lowest BCUT2D eigenvalue weighted by Gasteiger charge is -2.30. The molecule has 2 aromatic carbocycles. The third-order valence-electron chi connectivity index (χ3n) is 5.90. The van der Waals surface area contributed by atoms with Gasteiger partial charge >= 0.3 is 5.97 Å². The highest BCUT2D eigenvalue weighted by atomic mass is 32.2. The number of carbonyl (C=O) groups excluding carboxylic acids is 2. The van der Waals surface area contributed by atoms with Crippen LogP contribution in [0.4, 0.5) is 5.69 Å². The first-order chi connectivity index (χ1) is 16.2. The molecule has 0 radical (unpaired) electrons. The van der Waals surface area contributed by atoms with Gasteiger partial charge in [-0.3, -0.25) is 4.79 Å². The Balaban J connectivity index is 1.53. The van der Waals surface area contributed by atoms with E-state index in [1.54, 1.807) is 6.92 Å². The minimum absolute atomic E-state index is 0.0862. The summed E-state index contributed by atoms with van der Waals surface area (Å²) >= 11 is 0. The summed E-state index contributed by atoms with van der Waals surface area (Å²) in [7, 11) is 0.374. The van der Waals surface area contributed by atoms with Gasteiger partial charge in [0, 0.05) is 31.2 Å². The van der Waals surface area contributed by atoms with Crippen LogP contribution >= 0.6 is 0 Å². The van der Waals surface area contributed by atoms with Gasteiger partial charge in [-0.1, -0.05) is 12.1 Å². The van der Waals surface area contributed by atoms with Crippen molar-refractivity contribution in [3.63, 3.8) is 0 Å². The lowest BCUT2D eigenvalue weighted by molar-refractivity contribution is -0.120. The normalized spacial score (nSPS) is 15.3. The molecule has 8 nitrogen and oxygen atoms in total. The summed E-state index contributed by atoms with van der Waals surface area (Å²) in [5, 5.41) is 2.95. The van der Waals surface area contributed by atoms with Crippen LogP contribution in [0.1, 0.15) is 35.7 Å². The van der Waals surface area contributed by atoms with Gasteiger partial charge in [0.05, 0.1) is 17.1 Å². The van der Waals surface area contributed by atoms with Gasteiger partial charge in [-0.15, -0.1) is 0 Å². The number of piperidine rings is 1. The SMILES string of the molecule is CCOC(=O)c1ccc(S(=O)(=O)N2CCC(C(=O)Nc3ccc(CCN(C)C)cc3)CC2)cc1. The van der Waals surface area contributed by atoms with Crippen molar-refractivity contribution in [2.75, 3.05) is 45.7 Å². The predicted octanol–water partition coefficient (Wildman–Crippen LogP) is 3.01. The molecule has 0 unspecified atom stereocenters. The van der Waals surface area contributed by atoms with Gasteiger partial charge < -0.3 is 15.0 Å². The molecule has 34 heavy (non-hydrogen) atoms. The van der Waals surface area contributed by atoms with E-state index < -0.39 is 16.0 Å². The molecule has 2 aromatic rings. The smallest absolute Gasteiger partial charge is 0.338 e. The summed E-state index contributed by atoms with van der Waals surface area (Å²) in [6.07, 6.45) is 1.85. The van der Waals surface area contributed by atoms with Crippen molar-refractivity contribution in [3.8, 4) is 0 Å². The zero-order chi connectivity index (χ0) is 24.7. The molecule has 1 N–H and O–H groups in total. The fraction of sp³-hybridized carbons (Fsp3) is 0.440. The highest BCUT2D eigenvalue weighted by molar-refractivity contribution is 7.89. The first kappa shape index (κ1) is 25.9. The first-order valence-corrected chi connectivity index (χ1v) is 13.0. The minimum atomic E-state index is -3.70. The Labute approximate surface area is 201 Å². The third-order valence-corrected chi connectivity index (χ3v) is 7.81. The van der Waals surface area contributed by atoms with E-state index in [1.165, 1.54) is 34.1 Å². The number of nitrogens with one attached hydrogen (secondary N) is 1. The number of esters is 1. The summed E-state index contributed by atoms with van der Waals surface area (Å²) in [6.45, 7) is 3.46. The molecule has 9 heteroatoms. The number of sulfonamides is 1. The lowest BCUT2D eigenvalue weighted by Crippen LogP contribution is -2.41. The summed E-state index contributed by atoms with van der Waals surface area (Å²) in [5.74, 6) is -0.815. The van der Waals surface area contributed by atoms with E-state index in [0.29, 0.717) is 18.4 Å². The van der Waals surface area contributed by atoms with Crippen LogP contribution in [0, 0.1) is 5.92 Å². The van der Waals surface area contributed by atoms with Gasteiger partial charge in [0.25, 0.3) is 0 Å². The van der Waals surface area contributed by atoms with Gasteiger partial charge in [-0.25, -0.2) is 13.2 Å². The monoisotopic (exact) mass is 487 g/mol. The van der Waals surface area contributed by atoms with Crippen molar-refractivity contribution in [2.45, 2.75) is 31.1 Å². The van der Waals surface area contributed by atoms with Crippen molar-refractivity contribution in [3.05, 3.63) is 59.7 Å². The van der Waals surface area contributed by atoms with Crippen molar-refractivity contribution >= 4 is 27.6 Å². The molecule has 0 atom stereocenters. The highest BCUT2D eigenvalue weighted by Crippen LogP contribution is 2.25. The Bertz CT molecular complexity index is 1070. The van der Waals surface area contributed by atoms with E-state index in [-0.39, 0.29) is 36.4 Å². The molecule has 0 aromatic heterocycles. The number of carbonyl (C=O) groups is 2. The maximum atomic E-state index is 13.0. The fourth-order valence-electron chi connectivity index (χ4n) is 3.84. The molecule has 1 saturated heterocycles. The summed E-state index contributed by atoms with van der Waals surface area (Å²) in [5.41, 5.74) is 2.26. The van der Waals surface area contributed by atoms with Crippen LogP contribution in [-0.4, -0.2) is 69.8 Å². The van der Waals surface area contributed by atoms with Gasteiger partial charge in [0.2, 0.25) is 15.9 Å². The second-order valence-electron chi connectivity index (χ2n) is 8.66. The molecule has 1 aliphatic heterocycles. The Morgan fingerprint density at radius 1 is 1.03 bits per heavy atom. The van der Waals surface area contributed by atoms with Crippen molar-refractivity contribution in [1.82, 2.24) is 9.21 Å². The van der Waals surface area contributed by atoms with Crippen LogP contribution in [0.2, 0.25) is 0 Å². The second-order valence-corrected chi connectivity index (χ2v) is 10.6. The van der Waals surface area contributed by atoms with Crippen LogP contribution in [0.3, 0.4) is 0 Å². The molecule has 0 spiro atoms. The molecule has 1 aliphatic rings.